The molecule has 0 radical (unpaired) electrons. The molecular weight excluding hydrogens is 410 g/mol. The average Bonchev–Trinajstić information content (AvgIpc) is 2.81. The molecule has 0 aliphatic heterocycles. The van der Waals surface area contributed by atoms with Gasteiger partial charge in [-0.25, -0.2) is 0 Å². The van der Waals surface area contributed by atoms with Crippen LogP contribution >= 0.6 is 0 Å². The fourth-order valence-electron chi connectivity index (χ4n) is 3.73. The van der Waals surface area contributed by atoms with E-state index in [4.69, 9.17) is 0 Å². The first-order valence-electron chi connectivity index (χ1n) is 10.9. The van der Waals surface area contributed by atoms with E-state index in [9.17, 15) is 9.59 Å². The second-order valence-corrected chi connectivity index (χ2v) is 8.18. The first-order chi connectivity index (χ1) is 16.0. The number of hydrogen-bond donors (Lipinski definition) is 2. The number of nitrogens with one attached hydrogen (secondary N) is 2. The first kappa shape index (κ1) is 22.1. The summed E-state index contributed by atoms with van der Waals surface area (Å²) in [5, 5.41) is 7.91. The Morgan fingerprint density at radius 3 is 1.67 bits per heavy atom. The largest absolute Gasteiger partial charge is 0.352 e. The second kappa shape index (κ2) is 10.0. The molecular formula is C28H27N3O2. The molecule has 0 saturated heterocycles. The molecule has 0 aliphatic rings. The van der Waals surface area contributed by atoms with Gasteiger partial charge in [0.25, 0.3) is 0 Å². The predicted molar refractivity (Wildman–Crippen MR) is 136 cm³/mol. The van der Waals surface area contributed by atoms with E-state index in [2.05, 4.69) is 10.6 Å². The van der Waals surface area contributed by atoms with Crippen LogP contribution in [0.25, 0.3) is 10.8 Å². The number of hydrogen-bond acceptors (Lipinski definition) is 3. The van der Waals surface area contributed by atoms with Crippen LogP contribution in [0.4, 0.5) is 17.1 Å². The summed E-state index contributed by atoms with van der Waals surface area (Å²) in [6.07, 6.45) is 0. The summed E-state index contributed by atoms with van der Waals surface area (Å²) in [6.45, 7) is 4.09. The van der Waals surface area contributed by atoms with Gasteiger partial charge >= 0.3 is 0 Å². The van der Waals surface area contributed by atoms with E-state index in [0.717, 1.165) is 39.0 Å². The molecule has 0 spiro atoms. The Bertz CT molecular complexity index is 1200. The second-order valence-electron chi connectivity index (χ2n) is 8.18. The van der Waals surface area contributed by atoms with Crippen molar-refractivity contribution in [1.82, 2.24) is 0 Å². The Morgan fingerprint density at radius 2 is 1.12 bits per heavy atom. The molecule has 0 fully saturated rings. The van der Waals surface area contributed by atoms with Crippen molar-refractivity contribution < 1.29 is 9.59 Å². The molecule has 0 unspecified atom stereocenters. The van der Waals surface area contributed by atoms with Crippen molar-refractivity contribution in [2.75, 3.05) is 28.6 Å². The maximum atomic E-state index is 12.9. The summed E-state index contributed by atoms with van der Waals surface area (Å²) in [5.41, 5.74) is 4.54. The highest BCUT2D eigenvalue weighted by Gasteiger charge is 2.18. The summed E-state index contributed by atoms with van der Waals surface area (Å²) in [5.74, 6) is -0.371. The first-order valence-corrected chi connectivity index (χ1v) is 10.9. The molecule has 0 atom stereocenters. The molecule has 166 valence electrons. The maximum absolute atomic E-state index is 12.9. The van der Waals surface area contributed by atoms with E-state index in [0.29, 0.717) is 0 Å². The highest BCUT2D eigenvalue weighted by molar-refractivity contribution is 6.02. The van der Waals surface area contributed by atoms with Crippen LogP contribution in [0.15, 0.2) is 91.0 Å². The molecule has 2 N–H and O–H groups in total. The number of anilines is 3. The Balaban J connectivity index is 1.57. The number of carbonyl (C=O) groups excluding carboxylic acids is 2. The van der Waals surface area contributed by atoms with E-state index < -0.39 is 0 Å². The quantitative estimate of drug-likeness (QED) is 0.399. The lowest BCUT2D eigenvalue weighted by atomic mass is 10.1. The molecule has 4 aromatic rings. The molecule has 0 aliphatic carbocycles. The summed E-state index contributed by atoms with van der Waals surface area (Å²) in [6, 6.07) is 29.2. The minimum absolute atomic E-state index is 0.0448. The normalized spacial score (nSPS) is 10.6. The Kier molecular flexibility index (Phi) is 6.69. The number of fused-ring (bicyclic) bond motifs is 1. The van der Waals surface area contributed by atoms with Gasteiger partial charge in [-0.15, -0.1) is 0 Å². The molecule has 2 amide bonds. The zero-order chi connectivity index (χ0) is 23.2. The van der Waals surface area contributed by atoms with E-state index >= 15 is 0 Å². The molecule has 5 nitrogen and oxygen atoms in total. The lowest BCUT2D eigenvalue weighted by molar-refractivity contribution is -0.115. The van der Waals surface area contributed by atoms with Crippen molar-refractivity contribution in [3.8, 4) is 0 Å². The third-order valence-electron chi connectivity index (χ3n) is 5.45. The zero-order valence-corrected chi connectivity index (χ0v) is 18.8. The minimum atomic E-state index is -0.185. The van der Waals surface area contributed by atoms with E-state index in [1.54, 1.807) is 0 Å². The van der Waals surface area contributed by atoms with Crippen molar-refractivity contribution in [1.29, 1.82) is 0 Å². The van der Waals surface area contributed by atoms with Gasteiger partial charge in [0.15, 0.2) is 0 Å². The molecule has 33 heavy (non-hydrogen) atoms. The van der Waals surface area contributed by atoms with Gasteiger partial charge in [0.05, 0.1) is 13.1 Å². The number of rotatable bonds is 7. The monoisotopic (exact) mass is 437 g/mol. The number of nitrogens with zero attached hydrogens (tertiary/aromatic N) is 1. The van der Waals surface area contributed by atoms with Gasteiger partial charge in [-0.2, -0.15) is 0 Å². The van der Waals surface area contributed by atoms with Crippen molar-refractivity contribution in [2.24, 2.45) is 0 Å². The highest BCUT2D eigenvalue weighted by Crippen LogP contribution is 2.27. The SMILES string of the molecule is Cc1ccc(NC(=O)CN(CC(=O)Nc2ccc(C)cc2)c2cccc3ccccc23)cc1. The van der Waals surface area contributed by atoms with Crippen LogP contribution in [-0.4, -0.2) is 24.9 Å². The summed E-state index contributed by atoms with van der Waals surface area (Å²) in [7, 11) is 0. The van der Waals surface area contributed by atoms with Crippen LogP contribution in [0.5, 0.6) is 0 Å². The van der Waals surface area contributed by atoms with Gasteiger partial charge in [-0.1, -0.05) is 71.8 Å². The molecule has 4 rings (SSSR count). The number of aryl methyl sites for hydroxylation is 2. The van der Waals surface area contributed by atoms with Gasteiger partial charge in [-0.05, 0) is 49.6 Å². The van der Waals surface area contributed by atoms with Crippen LogP contribution in [0.1, 0.15) is 11.1 Å². The standard InChI is InChI=1S/C28H27N3O2/c1-20-10-14-23(15-11-20)29-27(32)18-31(19-28(33)30-24-16-12-21(2)13-17-24)26-9-5-7-22-6-3-4-8-25(22)26/h3-17H,18-19H2,1-2H3,(H,29,32)(H,30,33). The third-order valence-corrected chi connectivity index (χ3v) is 5.45. The number of benzene rings is 4. The summed E-state index contributed by atoms with van der Waals surface area (Å²) < 4.78 is 0. The van der Waals surface area contributed by atoms with E-state index in [1.807, 2.05) is 110 Å². The van der Waals surface area contributed by atoms with Crippen LogP contribution in [0, 0.1) is 13.8 Å². The number of amides is 2. The maximum Gasteiger partial charge on any atom is 0.243 e. The van der Waals surface area contributed by atoms with Gasteiger partial charge in [0.1, 0.15) is 0 Å². The average molecular weight is 438 g/mol. The third kappa shape index (κ3) is 5.77. The minimum Gasteiger partial charge on any atom is -0.352 e. The molecule has 0 saturated carbocycles. The number of carbonyl (C=O) groups is 2. The van der Waals surface area contributed by atoms with Crippen molar-refractivity contribution in [3.63, 3.8) is 0 Å². The lowest BCUT2D eigenvalue weighted by Gasteiger charge is -2.25. The van der Waals surface area contributed by atoms with Crippen LogP contribution < -0.4 is 15.5 Å². The Labute approximate surface area is 194 Å². The summed E-state index contributed by atoms with van der Waals surface area (Å²) >= 11 is 0. The lowest BCUT2D eigenvalue weighted by Crippen LogP contribution is -2.39. The topological polar surface area (TPSA) is 61.4 Å². The van der Waals surface area contributed by atoms with Gasteiger partial charge in [0.2, 0.25) is 11.8 Å². The van der Waals surface area contributed by atoms with Crippen LogP contribution in [-0.2, 0) is 9.59 Å². The van der Waals surface area contributed by atoms with Crippen LogP contribution in [0.2, 0.25) is 0 Å². The van der Waals surface area contributed by atoms with E-state index in [-0.39, 0.29) is 24.9 Å². The van der Waals surface area contributed by atoms with Crippen LogP contribution in [0.3, 0.4) is 0 Å². The van der Waals surface area contributed by atoms with E-state index in [1.165, 1.54) is 0 Å². The fraction of sp³-hybridized carbons (Fsp3) is 0.143. The molecule has 0 bridgehead atoms. The molecule has 5 heteroatoms. The van der Waals surface area contributed by atoms with Crippen molar-refractivity contribution >= 4 is 39.6 Å². The van der Waals surface area contributed by atoms with Gasteiger partial charge in [0, 0.05) is 22.4 Å². The van der Waals surface area contributed by atoms with Gasteiger partial charge in [-0.3, -0.25) is 9.59 Å². The predicted octanol–water partition coefficient (Wildman–Crippen LogP) is 5.54. The molecule has 0 aromatic heterocycles. The smallest absolute Gasteiger partial charge is 0.243 e. The highest BCUT2D eigenvalue weighted by atomic mass is 16.2. The fourth-order valence-corrected chi connectivity index (χ4v) is 3.73. The molecule has 0 heterocycles. The van der Waals surface area contributed by atoms with Gasteiger partial charge < -0.3 is 15.5 Å². The summed E-state index contributed by atoms with van der Waals surface area (Å²) in [4.78, 5) is 27.6. The molecule has 4 aromatic carbocycles. The van der Waals surface area contributed by atoms with Crippen molar-refractivity contribution in [3.05, 3.63) is 102 Å². The van der Waals surface area contributed by atoms with Crippen molar-refractivity contribution in [2.45, 2.75) is 13.8 Å². The Morgan fingerprint density at radius 1 is 0.636 bits per heavy atom. The Hall–Kier alpha value is -4.12. The zero-order valence-electron chi connectivity index (χ0n) is 18.8.